The number of benzene rings is 3. The van der Waals surface area contributed by atoms with Gasteiger partial charge in [-0.3, -0.25) is 4.79 Å². The molecule has 0 radical (unpaired) electrons. The van der Waals surface area contributed by atoms with E-state index in [9.17, 15) is 54.2 Å². The fourth-order valence-corrected chi connectivity index (χ4v) is 3.42. The average molecular weight is 638 g/mol. The van der Waals surface area contributed by atoms with E-state index in [1.807, 2.05) is 0 Å². The van der Waals surface area contributed by atoms with Gasteiger partial charge in [0.2, 0.25) is 0 Å². The summed E-state index contributed by atoms with van der Waals surface area (Å²) >= 11 is 0. The maximum atomic E-state index is 12.9. The number of alkyl halides is 9. The quantitative estimate of drug-likeness (QED) is 0.0982. The van der Waals surface area contributed by atoms with Crippen LogP contribution in [0.15, 0.2) is 65.8 Å². The van der Waals surface area contributed by atoms with E-state index in [0.717, 1.165) is 30.3 Å². The van der Waals surface area contributed by atoms with E-state index in [-0.39, 0.29) is 48.3 Å². The van der Waals surface area contributed by atoms with Crippen molar-refractivity contribution in [3.8, 4) is 11.5 Å². The smallest absolute Gasteiger partial charge is 0.493 e. The third-order valence-corrected chi connectivity index (χ3v) is 5.35. The number of carboxylic acids is 1. The molecule has 0 aliphatic rings. The minimum atomic E-state index is -5.02. The minimum Gasteiger partial charge on any atom is -0.493 e. The fourth-order valence-electron chi connectivity index (χ4n) is 3.42. The number of hydrogen-bond donors (Lipinski definition) is 2. The zero-order valence-electron chi connectivity index (χ0n) is 21.8. The molecule has 0 saturated heterocycles. The van der Waals surface area contributed by atoms with E-state index < -0.39 is 53.0 Å². The molecule has 0 bridgehead atoms. The van der Waals surface area contributed by atoms with Crippen molar-refractivity contribution in [1.29, 1.82) is 0 Å². The summed E-state index contributed by atoms with van der Waals surface area (Å²) in [5, 5.41) is 15.1. The van der Waals surface area contributed by atoms with Crippen LogP contribution >= 0.6 is 0 Å². The number of rotatable bonds is 11. The molecule has 0 spiro atoms. The number of carbonyl (C=O) groups is 2. The zero-order valence-corrected chi connectivity index (χ0v) is 21.8. The van der Waals surface area contributed by atoms with Crippen molar-refractivity contribution in [3.63, 3.8) is 0 Å². The summed E-state index contributed by atoms with van der Waals surface area (Å²) in [4.78, 5) is 29.0. The van der Waals surface area contributed by atoms with Gasteiger partial charge in [0, 0.05) is 18.1 Å². The zero-order chi connectivity index (χ0) is 32.7. The van der Waals surface area contributed by atoms with Crippen LogP contribution in [0.1, 0.15) is 43.8 Å². The summed E-state index contributed by atoms with van der Waals surface area (Å²) in [7, 11) is 0. The summed E-state index contributed by atoms with van der Waals surface area (Å²) in [6, 6.07) is 8.34. The second-order valence-corrected chi connectivity index (χ2v) is 8.65. The number of amides is 1. The number of halogens is 9. The van der Waals surface area contributed by atoms with Crippen LogP contribution in [0.4, 0.5) is 45.2 Å². The summed E-state index contributed by atoms with van der Waals surface area (Å²) < 4.78 is 124. The number of nitrogens with one attached hydrogen (secondary N) is 1. The van der Waals surface area contributed by atoms with Gasteiger partial charge in [-0.1, -0.05) is 5.16 Å². The first-order chi connectivity index (χ1) is 20.4. The molecule has 1 amide bonds. The van der Waals surface area contributed by atoms with Crippen LogP contribution in [-0.2, 0) is 17.2 Å². The SMILES string of the molecule is O=C(Nc1cc(OCCCON=Cc2cc(C(F)(F)F)cc(C(F)(F)F)c2)ccc1C(=O)O)c1ccc(OC(F)(F)F)cc1. The maximum absolute atomic E-state index is 12.9. The Labute approximate surface area is 241 Å². The highest BCUT2D eigenvalue weighted by Crippen LogP contribution is 2.36. The Morgan fingerprint density at radius 3 is 1.93 bits per heavy atom. The van der Waals surface area contributed by atoms with Gasteiger partial charge in [-0.25, -0.2) is 4.79 Å². The second-order valence-electron chi connectivity index (χ2n) is 8.65. The van der Waals surface area contributed by atoms with Gasteiger partial charge in [0.25, 0.3) is 5.91 Å². The highest BCUT2D eigenvalue weighted by atomic mass is 19.4. The van der Waals surface area contributed by atoms with Crippen molar-refractivity contribution >= 4 is 23.8 Å². The highest BCUT2D eigenvalue weighted by molar-refractivity contribution is 6.08. The predicted octanol–water partition coefficient (Wildman–Crippen LogP) is 7.39. The maximum Gasteiger partial charge on any atom is 0.573 e. The lowest BCUT2D eigenvalue weighted by molar-refractivity contribution is -0.274. The molecule has 236 valence electrons. The minimum absolute atomic E-state index is 0.0241. The molecule has 3 aromatic rings. The number of ether oxygens (including phenoxy) is 2. The topological polar surface area (TPSA) is 106 Å². The Bertz CT molecular complexity index is 1470. The van der Waals surface area contributed by atoms with E-state index in [2.05, 4.69) is 15.2 Å². The first-order valence-electron chi connectivity index (χ1n) is 12.0. The summed E-state index contributed by atoms with van der Waals surface area (Å²) in [6.07, 6.45) is -14.2. The molecule has 0 atom stereocenters. The Morgan fingerprint density at radius 2 is 1.39 bits per heavy atom. The second kappa shape index (κ2) is 13.6. The molecule has 0 aliphatic carbocycles. The van der Waals surface area contributed by atoms with Gasteiger partial charge >= 0.3 is 24.7 Å². The molecule has 0 fully saturated rings. The van der Waals surface area contributed by atoms with Crippen molar-refractivity contribution in [1.82, 2.24) is 0 Å². The van der Waals surface area contributed by atoms with Crippen molar-refractivity contribution in [2.24, 2.45) is 5.16 Å². The molecule has 0 heterocycles. The van der Waals surface area contributed by atoms with E-state index in [1.165, 1.54) is 12.1 Å². The van der Waals surface area contributed by atoms with Gasteiger partial charge in [0.1, 0.15) is 18.1 Å². The average Bonchev–Trinajstić information content (AvgIpc) is 2.91. The summed E-state index contributed by atoms with van der Waals surface area (Å²) in [5.74, 6) is -2.74. The van der Waals surface area contributed by atoms with Crippen LogP contribution in [-0.4, -0.2) is 42.8 Å². The van der Waals surface area contributed by atoms with E-state index in [4.69, 9.17) is 9.57 Å². The Hall–Kier alpha value is -4.96. The van der Waals surface area contributed by atoms with Crippen molar-refractivity contribution in [2.45, 2.75) is 25.1 Å². The molecule has 8 nitrogen and oxygen atoms in total. The third-order valence-electron chi connectivity index (χ3n) is 5.35. The van der Waals surface area contributed by atoms with Gasteiger partial charge in [0.15, 0.2) is 0 Å². The summed E-state index contributed by atoms with van der Waals surface area (Å²) in [5.41, 5.74) is -4.17. The molecule has 44 heavy (non-hydrogen) atoms. The lowest BCUT2D eigenvalue weighted by Gasteiger charge is -2.13. The Balaban J connectivity index is 1.57. The molecule has 3 aromatic carbocycles. The first kappa shape index (κ1) is 33.5. The van der Waals surface area contributed by atoms with Gasteiger partial charge in [-0.2, -0.15) is 26.3 Å². The van der Waals surface area contributed by atoms with E-state index in [1.54, 1.807) is 0 Å². The standard InChI is InChI=1S/C27H19F9N2O6/c28-25(29,30)17-10-15(11-18(12-17)26(31,32)33)14-37-43-9-1-8-42-20-6-7-21(24(40)41)22(13-20)38-23(39)16-2-4-19(5-3-16)44-27(34,35)36/h2-7,10-14H,1,8-9H2,(H,38,39)(H,40,41). The first-order valence-corrected chi connectivity index (χ1v) is 12.0. The molecule has 0 saturated carbocycles. The number of anilines is 1. The molecule has 17 heteroatoms. The lowest BCUT2D eigenvalue weighted by atomic mass is 10.1. The highest BCUT2D eigenvalue weighted by Gasteiger charge is 2.36. The van der Waals surface area contributed by atoms with Gasteiger partial charge < -0.3 is 24.7 Å². The predicted molar refractivity (Wildman–Crippen MR) is 135 cm³/mol. The monoisotopic (exact) mass is 638 g/mol. The molecule has 0 unspecified atom stereocenters. The fraction of sp³-hybridized carbons (Fsp3) is 0.222. The number of carbonyl (C=O) groups excluding carboxylic acids is 1. The van der Waals surface area contributed by atoms with E-state index in [0.29, 0.717) is 18.3 Å². The number of oxime groups is 1. The Kier molecular flexibility index (Phi) is 10.3. The van der Waals surface area contributed by atoms with Crippen molar-refractivity contribution in [2.75, 3.05) is 18.5 Å². The molecular formula is C27H19F9N2O6. The molecule has 2 N–H and O–H groups in total. The molecular weight excluding hydrogens is 619 g/mol. The van der Waals surface area contributed by atoms with Crippen LogP contribution in [0.5, 0.6) is 11.5 Å². The molecule has 3 rings (SSSR count). The summed E-state index contributed by atoms with van der Waals surface area (Å²) in [6.45, 7) is -0.246. The van der Waals surface area contributed by atoms with Gasteiger partial charge in [0.05, 0.1) is 35.2 Å². The van der Waals surface area contributed by atoms with Crippen LogP contribution in [0.25, 0.3) is 0 Å². The lowest BCUT2D eigenvalue weighted by Crippen LogP contribution is -2.17. The van der Waals surface area contributed by atoms with Gasteiger partial charge in [-0.05, 0) is 60.2 Å². The van der Waals surface area contributed by atoms with Crippen LogP contribution < -0.4 is 14.8 Å². The van der Waals surface area contributed by atoms with Crippen LogP contribution in [0.2, 0.25) is 0 Å². The molecule has 0 aliphatic heterocycles. The number of aromatic carboxylic acids is 1. The van der Waals surface area contributed by atoms with Crippen molar-refractivity contribution < 1.29 is 68.5 Å². The number of nitrogens with zero attached hydrogens (tertiary/aromatic N) is 1. The largest absolute Gasteiger partial charge is 0.573 e. The third kappa shape index (κ3) is 10.1. The van der Waals surface area contributed by atoms with Crippen molar-refractivity contribution in [3.05, 3.63) is 88.5 Å². The number of hydrogen-bond acceptors (Lipinski definition) is 6. The Morgan fingerprint density at radius 1 is 0.795 bits per heavy atom. The normalized spacial score (nSPS) is 12.2. The van der Waals surface area contributed by atoms with E-state index >= 15 is 0 Å². The van der Waals surface area contributed by atoms with Gasteiger partial charge in [-0.15, -0.1) is 13.2 Å². The van der Waals surface area contributed by atoms with Crippen LogP contribution in [0.3, 0.4) is 0 Å². The number of carboxylic acid groups (broad SMARTS) is 1. The molecule has 0 aromatic heterocycles. The van der Waals surface area contributed by atoms with Crippen LogP contribution in [0, 0.1) is 0 Å².